The van der Waals surface area contributed by atoms with E-state index in [9.17, 15) is 0 Å². The van der Waals surface area contributed by atoms with Crippen molar-refractivity contribution < 1.29 is 4.74 Å². The first-order valence-corrected chi connectivity index (χ1v) is 10.0. The second kappa shape index (κ2) is 11.8. The van der Waals surface area contributed by atoms with Crippen molar-refractivity contribution in [3.05, 3.63) is 53.7 Å². The number of aliphatic imine (C=N–C) groups is 1. The molecule has 1 aromatic carbocycles. The minimum Gasteiger partial charge on any atom is -0.496 e. The van der Waals surface area contributed by atoms with Gasteiger partial charge in [0.15, 0.2) is 5.96 Å². The van der Waals surface area contributed by atoms with Gasteiger partial charge in [0, 0.05) is 45.0 Å². The SMILES string of the molecule is CCNC(=NCc1ccnc(N2CCCC2)c1)N(C)Cc1ccccc1OC.I. The number of rotatable bonds is 7. The van der Waals surface area contributed by atoms with Gasteiger partial charge in [-0.2, -0.15) is 0 Å². The lowest BCUT2D eigenvalue weighted by Gasteiger charge is -2.23. The maximum atomic E-state index is 5.48. The van der Waals surface area contributed by atoms with E-state index in [1.165, 1.54) is 18.4 Å². The molecule has 0 amide bonds. The van der Waals surface area contributed by atoms with E-state index in [4.69, 9.17) is 9.73 Å². The van der Waals surface area contributed by atoms with Gasteiger partial charge in [-0.1, -0.05) is 18.2 Å². The number of pyridine rings is 1. The summed E-state index contributed by atoms with van der Waals surface area (Å²) in [4.78, 5) is 13.9. The maximum absolute atomic E-state index is 5.48. The summed E-state index contributed by atoms with van der Waals surface area (Å²) in [6, 6.07) is 12.3. The van der Waals surface area contributed by atoms with Crippen LogP contribution in [0, 0.1) is 0 Å². The summed E-state index contributed by atoms with van der Waals surface area (Å²) in [7, 11) is 3.76. The Hall–Kier alpha value is -2.03. The Labute approximate surface area is 191 Å². The topological polar surface area (TPSA) is 53.0 Å². The van der Waals surface area contributed by atoms with Crippen LogP contribution in [0.3, 0.4) is 0 Å². The second-order valence-corrected chi connectivity index (χ2v) is 7.05. The van der Waals surface area contributed by atoms with Gasteiger partial charge >= 0.3 is 0 Å². The fourth-order valence-corrected chi connectivity index (χ4v) is 3.48. The molecule has 3 rings (SSSR count). The van der Waals surface area contributed by atoms with Crippen molar-refractivity contribution in [1.29, 1.82) is 0 Å². The Morgan fingerprint density at radius 2 is 2.00 bits per heavy atom. The third kappa shape index (κ3) is 6.48. The highest BCUT2D eigenvalue weighted by Crippen LogP contribution is 2.20. The van der Waals surface area contributed by atoms with Crippen LogP contribution < -0.4 is 15.0 Å². The first kappa shape index (κ1) is 23.3. The molecule has 0 aliphatic carbocycles. The number of nitrogens with zero attached hydrogens (tertiary/aromatic N) is 4. The van der Waals surface area contributed by atoms with Crippen LogP contribution in [0.2, 0.25) is 0 Å². The van der Waals surface area contributed by atoms with Crippen LogP contribution in [0.25, 0.3) is 0 Å². The van der Waals surface area contributed by atoms with Gasteiger partial charge in [-0.15, -0.1) is 24.0 Å². The fourth-order valence-electron chi connectivity index (χ4n) is 3.48. The van der Waals surface area contributed by atoms with E-state index in [0.717, 1.165) is 49.3 Å². The van der Waals surface area contributed by atoms with E-state index in [0.29, 0.717) is 6.54 Å². The van der Waals surface area contributed by atoms with Gasteiger partial charge in [0.05, 0.1) is 13.7 Å². The number of anilines is 1. The van der Waals surface area contributed by atoms with Crippen LogP contribution in [0.15, 0.2) is 47.6 Å². The molecular weight excluding hydrogens is 477 g/mol. The summed E-state index contributed by atoms with van der Waals surface area (Å²) in [5.41, 5.74) is 2.32. The lowest BCUT2D eigenvalue weighted by molar-refractivity contribution is 0.396. The van der Waals surface area contributed by atoms with Gasteiger partial charge in [0.1, 0.15) is 11.6 Å². The highest BCUT2D eigenvalue weighted by Gasteiger charge is 2.14. The van der Waals surface area contributed by atoms with Crippen molar-refractivity contribution in [3.8, 4) is 5.75 Å². The van der Waals surface area contributed by atoms with E-state index in [2.05, 4.69) is 46.2 Å². The Kier molecular flexibility index (Phi) is 9.50. The molecule has 1 saturated heterocycles. The molecule has 0 radical (unpaired) electrons. The van der Waals surface area contributed by atoms with E-state index in [1.807, 2.05) is 30.5 Å². The lowest BCUT2D eigenvalue weighted by Crippen LogP contribution is -2.38. The van der Waals surface area contributed by atoms with Crippen LogP contribution in [0.1, 0.15) is 30.9 Å². The summed E-state index contributed by atoms with van der Waals surface area (Å²) in [5.74, 6) is 2.85. The molecule has 2 aromatic rings. The van der Waals surface area contributed by atoms with Gasteiger partial charge in [-0.05, 0) is 43.5 Å². The van der Waals surface area contributed by atoms with Gasteiger partial charge in [0.2, 0.25) is 0 Å². The minimum absolute atomic E-state index is 0. The molecule has 0 saturated carbocycles. The van der Waals surface area contributed by atoms with Crippen molar-refractivity contribution in [2.24, 2.45) is 4.99 Å². The standard InChI is InChI=1S/C22H31N5O.HI/c1-4-23-22(26(2)17-19-9-5-6-10-20(19)28-3)25-16-18-11-12-24-21(15-18)27-13-7-8-14-27;/h5-6,9-12,15H,4,7-8,13-14,16-17H2,1-3H3,(H,23,25);1H. The molecule has 0 spiro atoms. The number of hydrogen-bond acceptors (Lipinski definition) is 4. The summed E-state index contributed by atoms with van der Waals surface area (Å²) in [6.45, 7) is 6.47. The number of methoxy groups -OCH3 is 1. The first-order chi connectivity index (χ1) is 13.7. The Bertz CT molecular complexity index is 792. The number of hydrogen-bond donors (Lipinski definition) is 1. The van der Waals surface area contributed by atoms with Gasteiger partial charge in [0.25, 0.3) is 0 Å². The summed E-state index contributed by atoms with van der Waals surface area (Å²) < 4.78 is 5.48. The molecule has 1 fully saturated rings. The summed E-state index contributed by atoms with van der Waals surface area (Å²) in [5, 5.41) is 3.39. The van der Waals surface area contributed by atoms with Crippen molar-refractivity contribution in [2.75, 3.05) is 38.7 Å². The molecule has 158 valence electrons. The van der Waals surface area contributed by atoms with Crippen molar-refractivity contribution in [3.63, 3.8) is 0 Å². The molecule has 0 atom stereocenters. The normalized spacial score (nSPS) is 13.8. The van der Waals surface area contributed by atoms with Crippen LogP contribution in [-0.2, 0) is 13.1 Å². The van der Waals surface area contributed by atoms with Crippen LogP contribution in [0.4, 0.5) is 5.82 Å². The van der Waals surface area contributed by atoms with Gasteiger partial charge < -0.3 is 19.9 Å². The fraction of sp³-hybridized carbons (Fsp3) is 0.455. The van der Waals surface area contributed by atoms with E-state index in [1.54, 1.807) is 7.11 Å². The Balaban J connectivity index is 0.00000300. The molecule has 1 aliphatic rings. The predicted octanol–water partition coefficient (Wildman–Crippen LogP) is 3.91. The molecule has 2 heterocycles. The molecule has 7 heteroatoms. The number of benzene rings is 1. The second-order valence-electron chi connectivity index (χ2n) is 7.05. The molecule has 1 aliphatic heterocycles. The van der Waals surface area contributed by atoms with Crippen molar-refractivity contribution in [2.45, 2.75) is 32.9 Å². The number of guanidine groups is 1. The average molecular weight is 509 g/mol. The number of para-hydroxylation sites is 1. The molecule has 6 nitrogen and oxygen atoms in total. The van der Waals surface area contributed by atoms with Gasteiger partial charge in [-0.25, -0.2) is 9.98 Å². The van der Waals surface area contributed by atoms with Gasteiger partial charge in [-0.3, -0.25) is 0 Å². The maximum Gasteiger partial charge on any atom is 0.194 e. The average Bonchev–Trinajstić information content (AvgIpc) is 3.26. The van der Waals surface area contributed by atoms with Crippen molar-refractivity contribution >= 4 is 35.8 Å². The minimum atomic E-state index is 0. The third-order valence-corrected chi connectivity index (χ3v) is 4.95. The summed E-state index contributed by atoms with van der Waals surface area (Å²) >= 11 is 0. The first-order valence-electron chi connectivity index (χ1n) is 10.0. The van der Waals surface area contributed by atoms with E-state index in [-0.39, 0.29) is 24.0 Å². The molecule has 0 unspecified atom stereocenters. The van der Waals surface area contributed by atoms with Crippen LogP contribution >= 0.6 is 24.0 Å². The molecule has 0 bridgehead atoms. The number of aromatic nitrogens is 1. The zero-order valence-electron chi connectivity index (χ0n) is 17.6. The number of nitrogens with one attached hydrogen (secondary N) is 1. The lowest BCUT2D eigenvalue weighted by atomic mass is 10.2. The zero-order chi connectivity index (χ0) is 19.8. The van der Waals surface area contributed by atoms with Crippen molar-refractivity contribution in [1.82, 2.24) is 15.2 Å². The monoisotopic (exact) mass is 509 g/mol. The predicted molar refractivity (Wildman–Crippen MR) is 130 cm³/mol. The smallest absolute Gasteiger partial charge is 0.194 e. The quantitative estimate of drug-likeness (QED) is 0.349. The highest BCUT2D eigenvalue weighted by atomic mass is 127. The largest absolute Gasteiger partial charge is 0.496 e. The van der Waals surface area contributed by atoms with Crippen LogP contribution in [0.5, 0.6) is 5.75 Å². The molecule has 29 heavy (non-hydrogen) atoms. The zero-order valence-corrected chi connectivity index (χ0v) is 19.9. The number of halogens is 1. The molecule has 1 N–H and O–H groups in total. The van der Waals surface area contributed by atoms with E-state index >= 15 is 0 Å². The third-order valence-electron chi connectivity index (χ3n) is 4.95. The highest BCUT2D eigenvalue weighted by molar-refractivity contribution is 14.0. The number of ether oxygens (including phenoxy) is 1. The summed E-state index contributed by atoms with van der Waals surface area (Å²) in [6.07, 6.45) is 4.40. The van der Waals surface area contributed by atoms with Crippen LogP contribution in [-0.4, -0.2) is 49.6 Å². The molecule has 1 aromatic heterocycles. The van der Waals surface area contributed by atoms with E-state index < -0.39 is 0 Å². The Morgan fingerprint density at radius 1 is 1.24 bits per heavy atom. The Morgan fingerprint density at radius 3 is 2.72 bits per heavy atom. The molecular formula is C22H32IN5O.